The van der Waals surface area contributed by atoms with E-state index < -0.39 is 0 Å². The van der Waals surface area contributed by atoms with E-state index in [0.717, 1.165) is 29.7 Å². The van der Waals surface area contributed by atoms with Gasteiger partial charge in [-0.2, -0.15) is 0 Å². The molecule has 0 bridgehead atoms. The van der Waals surface area contributed by atoms with Gasteiger partial charge in [0.25, 0.3) is 0 Å². The van der Waals surface area contributed by atoms with Gasteiger partial charge in [-0.25, -0.2) is 0 Å². The number of rotatable bonds is 4. The Kier molecular flexibility index (Phi) is 4.15. The molecule has 0 saturated carbocycles. The molecule has 3 nitrogen and oxygen atoms in total. The molecule has 1 aromatic rings. The minimum Gasteiger partial charge on any atom is -0.468 e. The zero-order valence-corrected chi connectivity index (χ0v) is 10.9. The number of benzene rings is 1. The van der Waals surface area contributed by atoms with Crippen molar-refractivity contribution in [3.63, 3.8) is 0 Å². The molecular weight excluding hydrogens is 228 g/mol. The third kappa shape index (κ3) is 2.79. The lowest BCUT2D eigenvalue weighted by Crippen LogP contribution is -2.08. The summed E-state index contributed by atoms with van der Waals surface area (Å²) >= 11 is 0. The van der Waals surface area contributed by atoms with Crippen molar-refractivity contribution in [2.24, 2.45) is 0 Å². The van der Waals surface area contributed by atoms with Crippen molar-refractivity contribution in [3.05, 3.63) is 35.4 Å². The van der Waals surface area contributed by atoms with Gasteiger partial charge in [0.1, 0.15) is 5.75 Å². The third-order valence-electron chi connectivity index (χ3n) is 3.25. The summed E-state index contributed by atoms with van der Waals surface area (Å²) in [6.45, 7) is 2.17. The third-order valence-corrected chi connectivity index (χ3v) is 3.25. The number of ketones is 1. The molecule has 0 spiro atoms. The normalized spacial score (nSPS) is 16.0. The van der Waals surface area contributed by atoms with E-state index in [9.17, 15) is 4.79 Å². The standard InChI is InChI=1S/C15H18O3/c1-11-14(4-3-5-15(11)16)12-6-8-13(9-7-12)18-10-17-2/h6-9H,3-5,10H2,1-2H3. The van der Waals surface area contributed by atoms with Crippen LogP contribution in [-0.2, 0) is 9.53 Å². The maximum absolute atomic E-state index is 11.7. The first-order chi connectivity index (χ1) is 8.72. The van der Waals surface area contributed by atoms with Crippen LogP contribution < -0.4 is 4.74 Å². The van der Waals surface area contributed by atoms with Crippen LogP contribution in [0.5, 0.6) is 5.75 Å². The van der Waals surface area contributed by atoms with E-state index in [-0.39, 0.29) is 12.6 Å². The second kappa shape index (κ2) is 5.83. The number of hydrogen-bond donors (Lipinski definition) is 0. The van der Waals surface area contributed by atoms with E-state index in [1.165, 1.54) is 5.57 Å². The van der Waals surface area contributed by atoms with E-state index in [2.05, 4.69) is 0 Å². The minimum absolute atomic E-state index is 0.250. The Morgan fingerprint density at radius 3 is 2.56 bits per heavy atom. The second-order valence-corrected chi connectivity index (χ2v) is 4.46. The summed E-state index contributed by atoms with van der Waals surface area (Å²) in [4.78, 5) is 11.7. The second-order valence-electron chi connectivity index (χ2n) is 4.46. The average molecular weight is 246 g/mol. The van der Waals surface area contributed by atoms with Crippen LogP contribution in [0.25, 0.3) is 5.57 Å². The van der Waals surface area contributed by atoms with Gasteiger partial charge in [-0.1, -0.05) is 12.1 Å². The van der Waals surface area contributed by atoms with Gasteiger partial charge in [0, 0.05) is 13.5 Å². The monoisotopic (exact) mass is 246 g/mol. The van der Waals surface area contributed by atoms with Gasteiger partial charge in [-0.15, -0.1) is 0 Å². The van der Waals surface area contributed by atoms with Gasteiger partial charge >= 0.3 is 0 Å². The van der Waals surface area contributed by atoms with Crippen LogP contribution in [0.4, 0.5) is 0 Å². The lowest BCUT2D eigenvalue weighted by atomic mass is 9.87. The van der Waals surface area contributed by atoms with E-state index in [4.69, 9.17) is 9.47 Å². The molecule has 0 unspecified atom stereocenters. The Bertz CT molecular complexity index is 457. The van der Waals surface area contributed by atoms with E-state index in [1.807, 2.05) is 31.2 Å². The Morgan fingerprint density at radius 1 is 1.17 bits per heavy atom. The van der Waals surface area contributed by atoms with Crippen LogP contribution >= 0.6 is 0 Å². The first kappa shape index (κ1) is 12.8. The van der Waals surface area contributed by atoms with Crippen molar-refractivity contribution in [3.8, 4) is 5.75 Å². The Balaban J connectivity index is 2.19. The molecule has 0 saturated heterocycles. The Hall–Kier alpha value is -1.61. The highest BCUT2D eigenvalue weighted by molar-refractivity contribution is 6.03. The summed E-state index contributed by atoms with van der Waals surface area (Å²) in [5.41, 5.74) is 3.20. The number of methoxy groups -OCH3 is 1. The van der Waals surface area contributed by atoms with Gasteiger partial charge in [0.05, 0.1) is 0 Å². The molecule has 0 fully saturated rings. The summed E-state index contributed by atoms with van der Waals surface area (Å²) in [7, 11) is 1.59. The van der Waals surface area contributed by atoms with Crippen molar-refractivity contribution < 1.29 is 14.3 Å². The van der Waals surface area contributed by atoms with Crippen LogP contribution in [0.1, 0.15) is 31.7 Å². The highest BCUT2D eigenvalue weighted by Gasteiger charge is 2.17. The van der Waals surface area contributed by atoms with Crippen molar-refractivity contribution in [1.29, 1.82) is 0 Å². The fourth-order valence-electron chi connectivity index (χ4n) is 2.21. The molecule has 1 aromatic carbocycles. The summed E-state index contributed by atoms with van der Waals surface area (Å²) in [5, 5.41) is 0. The average Bonchev–Trinajstić information content (AvgIpc) is 2.40. The van der Waals surface area contributed by atoms with Gasteiger partial charge in [0.15, 0.2) is 12.6 Å². The van der Waals surface area contributed by atoms with Crippen LogP contribution in [0.15, 0.2) is 29.8 Å². The Morgan fingerprint density at radius 2 is 1.89 bits per heavy atom. The highest BCUT2D eigenvalue weighted by Crippen LogP contribution is 2.30. The molecule has 0 aromatic heterocycles. The quantitative estimate of drug-likeness (QED) is 0.765. The fraction of sp³-hybridized carbons (Fsp3) is 0.400. The molecule has 3 heteroatoms. The molecule has 0 amide bonds. The number of Topliss-reactive ketones (excluding diaryl/α,β-unsaturated/α-hetero) is 1. The number of allylic oxidation sites excluding steroid dienone is 2. The smallest absolute Gasteiger partial charge is 0.188 e. The largest absolute Gasteiger partial charge is 0.468 e. The Labute approximate surface area is 107 Å². The van der Waals surface area contributed by atoms with Crippen molar-refractivity contribution in [1.82, 2.24) is 0 Å². The van der Waals surface area contributed by atoms with Gasteiger partial charge in [-0.3, -0.25) is 4.79 Å². The highest BCUT2D eigenvalue weighted by atomic mass is 16.7. The summed E-state index contributed by atoms with van der Waals surface area (Å²) in [6.07, 6.45) is 2.62. The zero-order chi connectivity index (χ0) is 13.0. The van der Waals surface area contributed by atoms with Crippen molar-refractivity contribution >= 4 is 11.4 Å². The van der Waals surface area contributed by atoms with Crippen LogP contribution in [0.2, 0.25) is 0 Å². The summed E-state index contributed by atoms with van der Waals surface area (Å²) in [5.74, 6) is 1.05. The van der Waals surface area contributed by atoms with E-state index in [0.29, 0.717) is 6.42 Å². The topological polar surface area (TPSA) is 35.5 Å². The number of carbonyl (C=O) groups excluding carboxylic acids is 1. The first-order valence-electron chi connectivity index (χ1n) is 6.17. The predicted molar refractivity (Wildman–Crippen MR) is 70.4 cm³/mol. The van der Waals surface area contributed by atoms with Crippen LogP contribution in [0, 0.1) is 0 Å². The van der Waals surface area contributed by atoms with Crippen molar-refractivity contribution in [2.75, 3.05) is 13.9 Å². The van der Waals surface area contributed by atoms with E-state index in [1.54, 1.807) is 7.11 Å². The molecule has 18 heavy (non-hydrogen) atoms. The maximum Gasteiger partial charge on any atom is 0.188 e. The van der Waals surface area contributed by atoms with Crippen molar-refractivity contribution in [2.45, 2.75) is 26.2 Å². The molecule has 0 radical (unpaired) electrons. The number of ether oxygens (including phenoxy) is 2. The zero-order valence-electron chi connectivity index (χ0n) is 10.9. The molecule has 1 aliphatic carbocycles. The molecule has 1 aliphatic rings. The lowest BCUT2D eigenvalue weighted by molar-refractivity contribution is -0.115. The molecular formula is C15H18O3. The SMILES string of the molecule is COCOc1ccc(C2=C(C)C(=O)CCC2)cc1. The molecule has 2 rings (SSSR count). The predicted octanol–water partition coefficient (Wildman–Crippen LogP) is 3.20. The summed E-state index contributed by atoms with van der Waals surface area (Å²) < 4.78 is 10.2. The fourth-order valence-corrected chi connectivity index (χ4v) is 2.21. The van der Waals surface area contributed by atoms with Gasteiger partial charge in [0.2, 0.25) is 0 Å². The molecule has 0 aliphatic heterocycles. The molecule has 0 atom stereocenters. The van der Waals surface area contributed by atoms with Gasteiger partial charge in [-0.05, 0) is 48.6 Å². The van der Waals surface area contributed by atoms with Gasteiger partial charge < -0.3 is 9.47 Å². The molecule has 0 N–H and O–H groups in total. The number of hydrogen-bond acceptors (Lipinski definition) is 3. The van der Waals surface area contributed by atoms with Crippen LogP contribution in [-0.4, -0.2) is 19.7 Å². The minimum atomic E-state index is 0.250. The molecule has 0 heterocycles. The number of carbonyl (C=O) groups is 1. The lowest BCUT2D eigenvalue weighted by Gasteiger charge is -2.17. The maximum atomic E-state index is 11.7. The summed E-state index contributed by atoms with van der Waals surface area (Å²) in [6, 6.07) is 7.83. The molecule has 96 valence electrons. The van der Waals surface area contributed by atoms with E-state index >= 15 is 0 Å². The first-order valence-corrected chi connectivity index (χ1v) is 6.17. The van der Waals surface area contributed by atoms with Crippen LogP contribution in [0.3, 0.4) is 0 Å².